The zero-order chi connectivity index (χ0) is 25.8. The van der Waals surface area contributed by atoms with Gasteiger partial charge in [0.25, 0.3) is 0 Å². The zero-order valence-electron chi connectivity index (χ0n) is 20.8. The molecule has 7 rings (SSSR count). The third kappa shape index (κ3) is 3.44. The number of halogens is 2. The molecular formula is C34H26F2N2+2. The SMILES string of the molecule is C=C1C2C(CCc3ccc(F)c(F)c3-c3ccc(-c4ccccc4)c[n+]31)c1ccccc1-c1cccc[n+]12. The van der Waals surface area contributed by atoms with Gasteiger partial charge in [-0.15, -0.1) is 0 Å². The summed E-state index contributed by atoms with van der Waals surface area (Å²) in [4.78, 5) is 0. The summed E-state index contributed by atoms with van der Waals surface area (Å²) in [5, 5.41) is 0. The number of rotatable bonds is 1. The van der Waals surface area contributed by atoms with Crippen LogP contribution < -0.4 is 9.13 Å². The fourth-order valence-corrected chi connectivity index (χ4v) is 6.32. The van der Waals surface area contributed by atoms with Crippen LogP contribution in [0.4, 0.5) is 8.78 Å². The fraction of sp³-hybridized carbons (Fsp3) is 0.118. The van der Waals surface area contributed by atoms with Crippen LogP contribution in [0.5, 0.6) is 0 Å². The van der Waals surface area contributed by atoms with Gasteiger partial charge in [0.2, 0.25) is 23.1 Å². The molecule has 0 fully saturated rings. The third-order valence-corrected chi connectivity index (χ3v) is 8.08. The summed E-state index contributed by atoms with van der Waals surface area (Å²) in [7, 11) is 0. The number of hydrogen-bond acceptors (Lipinski definition) is 0. The first-order chi connectivity index (χ1) is 18.6. The summed E-state index contributed by atoms with van der Waals surface area (Å²) in [6.45, 7) is 4.64. The van der Waals surface area contributed by atoms with Gasteiger partial charge in [0.05, 0.1) is 11.5 Å². The first kappa shape index (κ1) is 22.7. The Hall–Kier alpha value is -4.44. The van der Waals surface area contributed by atoms with Crippen LogP contribution in [0, 0.1) is 11.6 Å². The van der Waals surface area contributed by atoms with E-state index in [-0.39, 0.29) is 12.0 Å². The molecule has 0 radical (unpaired) electrons. The maximum atomic E-state index is 15.6. The lowest BCUT2D eigenvalue weighted by Crippen LogP contribution is -2.53. The minimum atomic E-state index is -0.838. The summed E-state index contributed by atoms with van der Waals surface area (Å²) in [6.07, 6.45) is 5.53. The van der Waals surface area contributed by atoms with Crippen molar-refractivity contribution in [3.8, 4) is 33.6 Å². The Kier molecular flexibility index (Phi) is 5.29. The Morgan fingerprint density at radius 1 is 0.737 bits per heavy atom. The van der Waals surface area contributed by atoms with Gasteiger partial charge in [-0.25, -0.2) is 8.78 Å². The van der Waals surface area contributed by atoms with Gasteiger partial charge in [-0.2, -0.15) is 9.13 Å². The van der Waals surface area contributed by atoms with E-state index in [0.717, 1.165) is 34.5 Å². The Morgan fingerprint density at radius 3 is 2.39 bits per heavy atom. The van der Waals surface area contributed by atoms with E-state index in [0.29, 0.717) is 17.7 Å². The van der Waals surface area contributed by atoms with E-state index in [1.165, 1.54) is 17.2 Å². The molecule has 184 valence electrons. The third-order valence-electron chi connectivity index (χ3n) is 8.08. The van der Waals surface area contributed by atoms with E-state index in [4.69, 9.17) is 0 Å². The van der Waals surface area contributed by atoms with E-state index < -0.39 is 11.6 Å². The topological polar surface area (TPSA) is 7.76 Å². The summed E-state index contributed by atoms with van der Waals surface area (Å²) in [6, 6.07) is 31.6. The van der Waals surface area contributed by atoms with E-state index in [9.17, 15) is 4.39 Å². The molecule has 2 aromatic heterocycles. The standard InChI is InChI=1S/C34H26F2N2/c1-22-34-28(26-11-5-6-12-27(26)30-13-7-8-20-37(30)34)17-14-24-15-18-29(35)33(36)32(24)31-19-16-25(21-38(22)31)23-9-3-2-4-10-23/h2-13,15-16,18-21,28,34H,1,14,17H2/q+2. The number of hydrogen-bond donors (Lipinski definition) is 0. The van der Waals surface area contributed by atoms with Crippen LogP contribution in [-0.2, 0) is 6.42 Å². The van der Waals surface area contributed by atoms with E-state index in [1.807, 2.05) is 47.2 Å². The maximum absolute atomic E-state index is 15.6. The molecule has 0 spiro atoms. The van der Waals surface area contributed by atoms with Crippen LogP contribution in [0.3, 0.4) is 0 Å². The van der Waals surface area contributed by atoms with Crippen LogP contribution in [-0.4, -0.2) is 0 Å². The Balaban J connectivity index is 1.53. The summed E-state index contributed by atoms with van der Waals surface area (Å²) in [5.74, 6) is -1.54. The number of nitrogens with zero attached hydrogens (tertiary/aromatic N) is 2. The average molecular weight is 501 g/mol. The van der Waals surface area contributed by atoms with E-state index in [1.54, 1.807) is 6.07 Å². The van der Waals surface area contributed by atoms with Gasteiger partial charge in [-0.05, 0) is 60.4 Å². The second-order valence-electron chi connectivity index (χ2n) is 10.1. The maximum Gasteiger partial charge on any atom is 0.249 e. The first-order valence-corrected chi connectivity index (χ1v) is 13.0. The molecule has 0 saturated heterocycles. The van der Waals surface area contributed by atoms with Gasteiger partial charge in [0.15, 0.2) is 24.0 Å². The molecule has 0 aliphatic carbocycles. The lowest BCUT2D eigenvalue weighted by Gasteiger charge is -2.29. The normalized spacial score (nSPS) is 17.6. The molecule has 4 heteroatoms. The highest BCUT2D eigenvalue weighted by molar-refractivity contribution is 5.70. The monoisotopic (exact) mass is 500 g/mol. The van der Waals surface area contributed by atoms with Crippen LogP contribution in [0.1, 0.15) is 29.5 Å². The molecule has 0 bridgehead atoms. The fourth-order valence-electron chi connectivity index (χ4n) is 6.32. The van der Waals surface area contributed by atoms with Crippen molar-refractivity contribution in [1.82, 2.24) is 0 Å². The van der Waals surface area contributed by atoms with Crippen LogP contribution in [0.2, 0.25) is 0 Å². The van der Waals surface area contributed by atoms with Crippen molar-refractivity contribution < 1.29 is 17.9 Å². The highest BCUT2D eigenvalue weighted by atomic mass is 19.2. The number of fused-ring (bicyclic) bond motifs is 9. The van der Waals surface area contributed by atoms with Gasteiger partial charge in [0.1, 0.15) is 0 Å². The zero-order valence-corrected chi connectivity index (χ0v) is 20.8. The molecule has 2 aliphatic heterocycles. The molecular weight excluding hydrogens is 474 g/mol. The number of aromatic nitrogens is 2. The predicted molar refractivity (Wildman–Crippen MR) is 145 cm³/mol. The lowest BCUT2D eigenvalue weighted by molar-refractivity contribution is -0.727. The molecule has 2 atom stereocenters. The summed E-state index contributed by atoms with van der Waals surface area (Å²) in [5.41, 5.74) is 8.18. The van der Waals surface area contributed by atoms with Crippen molar-refractivity contribution >= 4 is 5.70 Å². The molecule has 2 nitrogen and oxygen atoms in total. The Labute approximate surface area is 220 Å². The molecule has 2 unspecified atom stereocenters. The largest absolute Gasteiger partial charge is 0.249 e. The minimum absolute atomic E-state index is 0.0990. The van der Waals surface area contributed by atoms with E-state index >= 15 is 4.39 Å². The van der Waals surface area contributed by atoms with Crippen molar-refractivity contribution in [2.24, 2.45) is 0 Å². The highest BCUT2D eigenvalue weighted by Crippen LogP contribution is 2.45. The molecule has 3 aromatic carbocycles. The van der Waals surface area contributed by atoms with Gasteiger partial charge in [-0.1, -0.05) is 54.6 Å². The minimum Gasteiger partial charge on any atom is -0.204 e. The van der Waals surface area contributed by atoms with Crippen molar-refractivity contribution in [3.63, 3.8) is 0 Å². The van der Waals surface area contributed by atoms with Crippen LogP contribution >= 0.6 is 0 Å². The van der Waals surface area contributed by atoms with Gasteiger partial charge < -0.3 is 0 Å². The lowest BCUT2D eigenvalue weighted by atomic mass is 9.78. The predicted octanol–water partition coefficient (Wildman–Crippen LogP) is 7.30. The molecule has 5 aromatic rings. The number of pyridine rings is 2. The quantitative estimate of drug-likeness (QED) is 0.214. The Morgan fingerprint density at radius 2 is 1.53 bits per heavy atom. The number of benzene rings is 3. The van der Waals surface area contributed by atoms with E-state index in [2.05, 4.69) is 65.9 Å². The molecule has 38 heavy (non-hydrogen) atoms. The van der Waals surface area contributed by atoms with Crippen molar-refractivity contribution in [1.29, 1.82) is 0 Å². The second kappa shape index (κ2) is 8.84. The first-order valence-electron chi connectivity index (χ1n) is 13.0. The Bertz CT molecular complexity index is 1720. The second-order valence-corrected chi connectivity index (χ2v) is 10.1. The van der Waals surface area contributed by atoms with Crippen molar-refractivity contribution in [2.45, 2.75) is 24.8 Å². The number of allylic oxidation sites excluding steroid dienone is 1. The number of aryl methyl sites for hydroxylation is 1. The molecule has 4 heterocycles. The average Bonchev–Trinajstić information content (AvgIpc) is 3.02. The van der Waals surface area contributed by atoms with Gasteiger partial charge in [0, 0.05) is 29.3 Å². The smallest absolute Gasteiger partial charge is 0.204 e. The van der Waals surface area contributed by atoms with Gasteiger partial charge in [-0.3, -0.25) is 0 Å². The summed E-state index contributed by atoms with van der Waals surface area (Å²) < 4.78 is 34.5. The highest BCUT2D eigenvalue weighted by Gasteiger charge is 2.47. The van der Waals surface area contributed by atoms with Crippen LogP contribution in [0.25, 0.3) is 39.3 Å². The summed E-state index contributed by atoms with van der Waals surface area (Å²) >= 11 is 0. The van der Waals surface area contributed by atoms with Crippen molar-refractivity contribution in [3.05, 3.63) is 139 Å². The molecule has 0 amide bonds. The molecule has 0 N–H and O–H groups in total. The van der Waals surface area contributed by atoms with Crippen LogP contribution in [0.15, 0.2) is 116 Å². The van der Waals surface area contributed by atoms with Crippen molar-refractivity contribution in [2.75, 3.05) is 0 Å². The van der Waals surface area contributed by atoms with Gasteiger partial charge >= 0.3 is 0 Å². The molecule has 2 aliphatic rings. The molecule has 0 saturated carbocycles.